The molecule has 0 aromatic carbocycles. The Labute approximate surface area is 150 Å². The molecule has 3 nitrogen and oxygen atoms in total. The van der Waals surface area contributed by atoms with E-state index in [0.717, 1.165) is 12.8 Å². The zero-order chi connectivity index (χ0) is 14.2. The summed E-state index contributed by atoms with van der Waals surface area (Å²) in [6, 6.07) is 0. The van der Waals surface area contributed by atoms with Crippen LogP contribution in [0, 0.1) is 0 Å². The molecule has 0 saturated heterocycles. The Kier molecular flexibility index (Phi) is 23.9. The molecule has 0 heterocycles. The van der Waals surface area contributed by atoms with E-state index < -0.39 is 8.60 Å². The minimum absolute atomic E-state index is 0. The minimum atomic E-state index is -2.14. The maximum absolute atomic E-state index is 8.54. The number of hydrogen-bond acceptors (Lipinski definition) is 3. The van der Waals surface area contributed by atoms with Crippen LogP contribution >= 0.6 is 8.60 Å². The van der Waals surface area contributed by atoms with E-state index in [4.69, 9.17) is 14.3 Å². The molecule has 0 aromatic heterocycles. The number of unbranched alkanes of at least 4 members (excludes halogenated alkanes) is 12. The van der Waals surface area contributed by atoms with Gasteiger partial charge in [0.1, 0.15) is 0 Å². The van der Waals surface area contributed by atoms with E-state index in [2.05, 4.69) is 6.92 Å². The molecule has 20 heavy (non-hydrogen) atoms. The van der Waals surface area contributed by atoms with Gasteiger partial charge in [0, 0.05) is 0 Å². The minimum Gasteiger partial charge on any atom is -1.00 e. The Balaban J connectivity index is -0.00000162. The molecule has 0 amide bonds. The molecule has 0 spiro atoms. The molecule has 118 valence electrons. The quantitative estimate of drug-likeness (QED) is 0.277. The van der Waals surface area contributed by atoms with Gasteiger partial charge in [-0.1, -0.05) is 84.0 Å². The summed E-state index contributed by atoms with van der Waals surface area (Å²) in [5.41, 5.74) is 0. The van der Waals surface area contributed by atoms with Crippen LogP contribution in [0.15, 0.2) is 0 Å². The molecule has 0 unspecified atom stereocenters. The van der Waals surface area contributed by atoms with Crippen molar-refractivity contribution in [1.29, 1.82) is 0 Å². The van der Waals surface area contributed by atoms with Gasteiger partial charge in [-0.05, 0) is 6.42 Å². The van der Waals surface area contributed by atoms with Crippen molar-refractivity contribution < 1.29 is 45.3 Å². The summed E-state index contributed by atoms with van der Waals surface area (Å²) in [7, 11) is -2.14. The van der Waals surface area contributed by atoms with Gasteiger partial charge in [0.05, 0.1) is 6.61 Å². The first kappa shape index (κ1) is 23.6. The summed E-state index contributed by atoms with van der Waals surface area (Å²) >= 11 is 0. The van der Waals surface area contributed by atoms with Crippen molar-refractivity contribution in [3.05, 3.63) is 0 Å². The fourth-order valence-corrected chi connectivity index (χ4v) is 2.56. The molecule has 5 heteroatoms. The second-order valence-electron chi connectivity index (χ2n) is 5.33. The molecule has 0 aliphatic heterocycles. The first-order chi connectivity index (χ1) is 9.27. The van der Waals surface area contributed by atoms with Gasteiger partial charge >= 0.3 is 38.2 Å². The fourth-order valence-electron chi connectivity index (χ4n) is 2.27. The van der Waals surface area contributed by atoms with Crippen LogP contribution < -0.4 is 29.6 Å². The van der Waals surface area contributed by atoms with Crippen LogP contribution in [0.25, 0.3) is 0 Å². The zero-order valence-corrected chi connectivity index (χ0v) is 16.5. The Bertz CT molecular complexity index is 177. The number of hydrogen-bond donors (Lipinski definition) is 2. The largest absolute Gasteiger partial charge is 1.00 e. The van der Waals surface area contributed by atoms with Gasteiger partial charge < -0.3 is 15.7 Å². The summed E-state index contributed by atoms with van der Waals surface area (Å²) in [6.07, 6.45) is 17.2. The van der Waals surface area contributed by atoms with Gasteiger partial charge in [0.2, 0.25) is 0 Å². The predicted octanol–water partition coefficient (Wildman–Crippen LogP) is 2.42. The Morgan fingerprint density at radius 2 is 1.05 bits per heavy atom. The molecule has 0 fully saturated rings. The van der Waals surface area contributed by atoms with Gasteiger partial charge in [0.15, 0.2) is 0 Å². The molecule has 0 aromatic rings. The third kappa shape index (κ3) is 21.6. The standard InChI is InChI=1S/C15H33O3P.Na.H/c1-2-3-4-5-6-7-8-9-10-11-12-13-14-15-18-19(16)17;;/h16-17H,2-15H2,1H3;;/q;+1;-1. The Morgan fingerprint density at radius 3 is 1.40 bits per heavy atom. The first-order valence-corrected chi connectivity index (χ1v) is 9.24. The van der Waals surface area contributed by atoms with Crippen LogP contribution in [0.4, 0.5) is 0 Å². The smallest absolute Gasteiger partial charge is 1.00 e. The summed E-state index contributed by atoms with van der Waals surface area (Å²) < 4.78 is 4.72. The zero-order valence-electron chi connectivity index (χ0n) is 14.6. The third-order valence-corrected chi connectivity index (χ3v) is 3.87. The van der Waals surface area contributed by atoms with Crippen LogP contribution in [0.1, 0.15) is 91.8 Å². The van der Waals surface area contributed by atoms with Crippen molar-refractivity contribution in [2.24, 2.45) is 0 Å². The molecular weight excluding hydrogens is 282 g/mol. The molecule has 0 saturated carbocycles. The predicted molar refractivity (Wildman–Crippen MR) is 84.1 cm³/mol. The van der Waals surface area contributed by atoms with Crippen molar-refractivity contribution in [2.45, 2.75) is 90.4 Å². The van der Waals surface area contributed by atoms with Crippen molar-refractivity contribution in [2.75, 3.05) is 6.61 Å². The maximum Gasteiger partial charge on any atom is 1.00 e. The van der Waals surface area contributed by atoms with E-state index in [1.807, 2.05) is 0 Å². The van der Waals surface area contributed by atoms with Crippen molar-refractivity contribution in [1.82, 2.24) is 0 Å². The second kappa shape index (κ2) is 20.3. The van der Waals surface area contributed by atoms with Crippen molar-refractivity contribution in [3.63, 3.8) is 0 Å². The van der Waals surface area contributed by atoms with Gasteiger partial charge in [-0.2, -0.15) is 0 Å². The SMILES string of the molecule is CCCCCCCCCCCCCCCOP(O)O.[H-].[Na+]. The van der Waals surface area contributed by atoms with E-state index in [-0.39, 0.29) is 31.0 Å². The average Bonchev–Trinajstić information content (AvgIpc) is 2.39. The third-order valence-electron chi connectivity index (χ3n) is 3.45. The van der Waals surface area contributed by atoms with Crippen molar-refractivity contribution in [3.8, 4) is 0 Å². The summed E-state index contributed by atoms with van der Waals surface area (Å²) in [5, 5.41) is 0. The number of rotatable bonds is 15. The van der Waals surface area contributed by atoms with Gasteiger partial charge in [-0.25, -0.2) is 0 Å². The van der Waals surface area contributed by atoms with E-state index in [0.29, 0.717) is 6.61 Å². The Hall–Kier alpha value is 1.31. The van der Waals surface area contributed by atoms with Gasteiger partial charge in [0.25, 0.3) is 0 Å². The van der Waals surface area contributed by atoms with E-state index >= 15 is 0 Å². The molecule has 0 aliphatic rings. The topological polar surface area (TPSA) is 49.7 Å². The first-order valence-electron chi connectivity index (χ1n) is 8.08. The Morgan fingerprint density at radius 1 is 0.700 bits per heavy atom. The monoisotopic (exact) mass is 316 g/mol. The second-order valence-corrected chi connectivity index (χ2v) is 6.09. The fraction of sp³-hybridized carbons (Fsp3) is 1.00. The molecule has 0 radical (unpaired) electrons. The molecular formula is C15H34NaO3P. The van der Waals surface area contributed by atoms with Crippen LogP contribution in [-0.4, -0.2) is 16.4 Å². The van der Waals surface area contributed by atoms with E-state index in [1.165, 1.54) is 70.6 Å². The van der Waals surface area contributed by atoms with Gasteiger partial charge in [-0.3, -0.25) is 0 Å². The van der Waals surface area contributed by atoms with E-state index in [1.54, 1.807) is 0 Å². The van der Waals surface area contributed by atoms with Crippen LogP contribution in [0.3, 0.4) is 0 Å². The normalized spacial score (nSPS) is 10.8. The van der Waals surface area contributed by atoms with Crippen LogP contribution in [-0.2, 0) is 4.52 Å². The summed E-state index contributed by atoms with van der Waals surface area (Å²) in [5.74, 6) is 0. The van der Waals surface area contributed by atoms with Gasteiger partial charge in [-0.15, -0.1) is 0 Å². The molecule has 0 bridgehead atoms. The summed E-state index contributed by atoms with van der Waals surface area (Å²) in [6.45, 7) is 2.75. The molecule has 0 rings (SSSR count). The molecule has 0 atom stereocenters. The molecule has 0 aliphatic carbocycles. The maximum atomic E-state index is 8.54. The summed E-state index contributed by atoms with van der Waals surface area (Å²) in [4.78, 5) is 17.1. The van der Waals surface area contributed by atoms with Crippen LogP contribution in [0.5, 0.6) is 0 Å². The average molecular weight is 316 g/mol. The van der Waals surface area contributed by atoms with E-state index in [9.17, 15) is 0 Å². The van der Waals surface area contributed by atoms with Crippen molar-refractivity contribution >= 4 is 8.60 Å². The van der Waals surface area contributed by atoms with Crippen LogP contribution in [0.2, 0.25) is 0 Å². The molecule has 2 N–H and O–H groups in total.